The zero-order valence-electron chi connectivity index (χ0n) is 14.7. The van der Waals surface area contributed by atoms with E-state index in [-0.39, 0.29) is 11.3 Å². The quantitative estimate of drug-likeness (QED) is 0.638. The third-order valence-corrected chi connectivity index (χ3v) is 4.55. The molecular formula is C21H22N2OS. The maximum atomic E-state index is 12.5. The lowest BCUT2D eigenvalue weighted by molar-refractivity contribution is -0.113. The highest BCUT2D eigenvalue weighted by Gasteiger charge is 2.31. The lowest BCUT2D eigenvalue weighted by Gasteiger charge is -2.36. The number of rotatable bonds is 3. The van der Waals surface area contributed by atoms with E-state index in [2.05, 4.69) is 30.5 Å². The van der Waals surface area contributed by atoms with Gasteiger partial charge in [0.15, 0.2) is 5.78 Å². The fourth-order valence-corrected chi connectivity index (χ4v) is 3.57. The van der Waals surface area contributed by atoms with E-state index in [0.29, 0.717) is 10.6 Å². The molecule has 0 aromatic heterocycles. The van der Waals surface area contributed by atoms with Gasteiger partial charge >= 0.3 is 0 Å². The van der Waals surface area contributed by atoms with Gasteiger partial charge in [0, 0.05) is 16.8 Å². The van der Waals surface area contributed by atoms with Crippen molar-refractivity contribution in [1.29, 1.82) is 0 Å². The Kier molecular flexibility index (Phi) is 4.73. The van der Waals surface area contributed by atoms with Crippen LogP contribution in [-0.4, -0.2) is 16.3 Å². The van der Waals surface area contributed by atoms with Crippen LogP contribution in [0.3, 0.4) is 0 Å². The standard InChI is InChI=1S/C21H22N2OS/c1-14(24)18(20(25)22-16-10-5-4-6-11-16)19-17-12-8-7-9-15(17)13-21(2,3)23-19/h4-12,23H,13H2,1-3H3,(H,22,25)/b19-18-. The molecule has 0 bridgehead atoms. The molecule has 0 spiro atoms. The van der Waals surface area contributed by atoms with E-state index in [4.69, 9.17) is 12.2 Å². The molecule has 2 N–H and O–H groups in total. The van der Waals surface area contributed by atoms with Crippen LogP contribution in [0, 0.1) is 0 Å². The SMILES string of the molecule is CC(=O)/C(C(=S)Nc1ccccc1)=C1/NC(C)(C)Cc2ccccc21. The first kappa shape index (κ1) is 17.4. The van der Waals surface area contributed by atoms with Crippen molar-refractivity contribution in [3.05, 3.63) is 71.3 Å². The van der Waals surface area contributed by atoms with E-state index in [1.54, 1.807) is 6.92 Å². The van der Waals surface area contributed by atoms with Crippen LogP contribution < -0.4 is 10.6 Å². The summed E-state index contributed by atoms with van der Waals surface area (Å²) in [6.45, 7) is 5.83. The molecule has 128 valence electrons. The Morgan fingerprint density at radius 2 is 1.72 bits per heavy atom. The highest BCUT2D eigenvalue weighted by atomic mass is 32.1. The van der Waals surface area contributed by atoms with Crippen molar-refractivity contribution in [1.82, 2.24) is 5.32 Å². The van der Waals surface area contributed by atoms with Crippen LogP contribution in [0.2, 0.25) is 0 Å². The molecule has 0 aliphatic carbocycles. The number of carbonyl (C=O) groups excluding carboxylic acids is 1. The molecule has 3 rings (SSSR count). The Morgan fingerprint density at radius 1 is 1.08 bits per heavy atom. The van der Waals surface area contributed by atoms with Crippen LogP contribution in [0.15, 0.2) is 60.2 Å². The van der Waals surface area contributed by atoms with Crippen molar-refractivity contribution in [3.63, 3.8) is 0 Å². The lowest BCUT2D eigenvalue weighted by atomic mass is 9.84. The first-order valence-corrected chi connectivity index (χ1v) is 8.76. The van der Waals surface area contributed by atoms with Crippen molar-refractivity contribution in [3.8, 4) is 0 Å². The fourth-order valence-electron chi connectivity index (χ4n) is 3.21. The van der Waals surface area contributed by atoms with E-state index in [9.17, 15) is 4.79 Å². The number of thiocarbonyl (C=S) groups is 1. The fraction of sp³-hybridized carbons (Fsp3) is 0.238. The van der Waals surface area contributed by atoms with Gasteiger partial charge in [-0.25, -0.2) is 0 Å². The molecule has 2 aromatic rings. The number of Topliss-reactive ketones (excluding diaryl/α,β-unsaturated/α-hetero) is 1. The minimum atomic E-state index is -0.146. The van der Waals surface area contributed by atoms with Crippen LogP contribution in [0.1, 0.15) is 31.9 Å². The number of fused-ring (bicyclic) bond motifs is 1. The molecule has 0 saturated heterocycles. The minimum Gasteiger partial charge on any atom is -0.379 e. The van der Waals surface area contributed by atoms with Gasteiger partial charge in [-0.1, -0.05) is 54.7 Å². The zero-order valence-corrected chi connectivity index (χ0v) is 15.5. The topological polar surface area (TPSA) is 41.1 Å². The molecule has 0 unspecified atom stereocenters. The van der Waals surface area contributed by atoms with Crippen LogP contribution in [0.4, 0.5) is 5.69 Å². The largest absolute Gasteiger partial charge is 0.379 e. The van der Waals surface area contributed by atoms with Crippen molar-refractivity contribution in [2.24, 2.45) is 0 Å². The summed E-state index contributed by atoms with van der Waals surface area (Å²) in [5, 5.41) is 6.72. The summed E-state index contributed by atoms with van der Waals surface area (Å²) in [5.41, 5.74) is 4.33. The number of nitrogens with one attached hydrogen (secondary N) is 2. The number of anilines is 1. The first-order chi connectivity index (χ1) is 11.9. The number of benzene rings is 2. The number of para-hydroxylation sites is 1. The number of hydrogen-bond donors (Lipinski definition) is 2. The highest BCUT2D eigenvalue weighted by Crippen LogP contribution is 2.32. The summed E-state index contributed by atoms with van der Waals surface area (Å²) in [5.74, 6) is -0.0524. The Hall–Kier alpha value is -2.46. The summed E-state index contributed by atoms with van der Waals surface area (Å²) >= 11 is 5.59. The van der Waals surface area contributed by atoms with Gasteiger partial charge in [0.1, 0.15) is 4.99 Å². The van der Waals surface area contributed by atoms with Gasteiger partial charge in [-0.15, -0.1) is 0 Å². The van der Waals surface area contributed by atoms with Crippen LogP contribution in [0.5, 0.6) is 0 Å². The van der Waals surface area contributed by atoms with Crippen molar-refractivity contribution in [2.75, 3.05) is 5.32 Å². The molecule has 1 aliphatic rings. The summed E-state index contributed by atoms with van der Waals surface area (Å²) in [7, 11) is 0. The lowest BCUT2D eigenvalue weighted by Crippen LogP contribution is -2.45. The number of carbonyl (C=O) groups is 1. The van der Waals surface area contributed by atoms with E-state index in [1.165, 1.54) is 5.56 Å². The van der Waals surface area contributed by atoms with Crippen molar-refractivity contribution >= 4 is 34.4 Å². The molecular weight excluding hydrogens is 328 g/mol. The van der Waals surface area contributed by atoms with Gasteiger partial charge in [-0.2, -0.15) is 0 Å². The Balaban J connectivity index is 2.09. The van der Waals surface area contributed by atoms with E-state index < -0.39 is 0 Å². The maximum Gasteiger partial charge on any atom is 0.164 e. The first-order valence-electron chi connectivity index (χ1n) is 8.35. The Labute approximate surface area is 154 Å². The van der Waals surface area contributed by atoms with Gasteiger partial charge in [-0.05, 0) is 44.9 Å². The Bertz CT molecular complexity index is 853. The molecule has 0 fully saturated rings. The smallest absolute Gasteiger partial charge is 0.164 e. The predicted octanol–water partition coefficient (Wildman–Crippen LogP) is 4.35. The molecule has 2 aromatic carbocycles. The van der Waals surface area contributed by atoms with E-state index in [1.807, 2.05) is 48.5 Å². The summed E-state index contributed by atoms with van der Waals surface area (Å²) < 4.78 is 0. The maximum absolute atomic E-state index is 12.5. The number of ketones is 1. The van der Waals surface area contributed by atoms with Gasteiger partial charge < -0.3 is 10.6 Å². The molecule has 1 heterocycles. The summed E-state index contributed by atoms with van der Waals surface area (Å²) in [6, 6.07) is 17.9. The monoisotopic (exact) mass is 350 g/mol. The number of hydrogen-bond acceptors (Lipinski definition) is 3. The Morgan fingerprint density at radius 3 is 2.40 bits per heavy atom. The second-order valence-electron chi connectivity index (χ2n) is 6.97. The summed E-state index contributed by atoms with van der Waals surface area (Å²) in [6.07, 6.45) is 0.900. The van der Waals surface area contributed by atoms with Crippen LogP contribution >= 0.6 is 12.2 Å². The van der Waals surface area contributed by atoms with E-state index >= 15 is 0 Å². The average Bonchev–Trinajstić information content (AvgIpc) is 2.54. The molecule has 3 nitrogen and oxygen atoms in total. The van der Waals surface area contributed by atoms with Gasteiger partial charge in [0.05, 0.1) is 11.3 Å². The second kappa shape index (κ2) is 6.81. The predicted molar refractivity (Wildman–Crippen MR) is 108 cm³/mol. The van der Waals surface area contributed by atoms with Gasteiger partial charge in [0.25, 0.3) is 0 Å². The van der Waals surface area contributed by atoms with Gasteiger partial charge in [-0.3, -0.25) is 4.79 Å². The molecule has 4 heteroatoms. The molecule has 1 aliphatic heterocycles. The molecule has 0 radical (unpaired) electrons. The van der Waals surface area contributed by atoms with Crippen LogP contribution in [0.25, 0.3) is 5.70 Å². The van der Waals surface area contributed by atoms with Gasteiger partial charge in [0.2, 0.25) is 0 Å². The minimum absolute atomic E-state index is 0.0524. The van der Waals surface area contributed by atoms with Crippen molar-refractivity contribution in [2.45, 2.75) is 32.7 Å². The second-order valence-corrected chi connectivity index (χ2v) is 7.38. The normalized spacial score (nSPS) is 17.1. The zero-order chi connectivity index (χ0) is 18.0. The third-order valence-electron chi connectivity index (χ3n) is 4.24. The summed E-state index contributed by atoms with van der Waals surface area (Å²) in [4.78, 5) is 12.9. The van der Waals surface area contributed by atoms with Crippen LogP contribution in [-0.2, 0) is 11.2 Å². The molecule has 25 heavy (non-hydrogen) atoms. The molecule has 0 saturated carbocycles. The highest BCUT2D eigenvalue weighted by molar-refractivity contribution is 7.81. The molecule has 0 amide bonds. The molecule has 0 atom stereocenters. The van der Waals surface area contributed by atoms with E-state index in [0.717, 1.165) is 23.4 Å². The van der Waals surface area contributed by atoms with Crippen molar-refractivity contribution < 1.29 is 4.79 Å². The average molecular weight is 350 g/mol. The third kappa shape index (κ3) is 3.80.